The van der Waals surface area contributed by atoms with E-state index in [-0.39, 0.29) is 17.9 Å². The molecule has 8 heteroatoms. The smallest absolute Gasteiger partial charge is 0.272 e. The van der Waals surface area contributed by atoms with Crippen LogP contribution in [0, 0.1) is 6.92 Å². The zero-order valence-corrected chi connectivity index (χ0v) is 17.3. The predicted molar refractivity (Wildman–Crippen MR) is 110 cm³/mol. The molecule has 0 radical (unpaired) electrons. The minimum absolute atomic E-state index is 0.0312. The van der Waals surface area contributed by atoms with Crippen molar-refractivity contribution in [2.45, 2.75) is 33.8 Å². The Hall–Kier alpha value is -3.16. The van der Waals surface area contributed by atoms with Crippen molar-refractivity contribution < 1.29 is 14.3 Å². The van der Waals surface area contributed by atoms with Gasteiger partial charge in [0.25, 0.3) is 5.91 Å². The van der Waals surface area contributed by atoms with E-state index in [2.05, 4.69) is 15.3 Å². The standard InChI is InChI=1S/C21H27N5O3/c1-14(2)29-19-8-6-5-7-17(19)24-20-13-18(22-15(3)23-20)21(28)26-11-9-25(10-12-26)16(4)27/h5-8,13-14H,9-12H2,1-4H3,(H,22,23,24). The number of aromatic nitrogens is 2. The maximum Gasteiger partial charge on any atom is 0.272 e. The van der Waals surface area contributed by atoms with Gasteiger partial charge in [-0.05, 0) is 32.9 Å². The molecule has 0 saturated carbocycles. The second-order valence-corrected chi connectivity index (χ2v) is 7.27. The van der Waals surface area contributed by atoms with E-state index in [1.165, 1.54) is 0 Å². The van der Waals surface area contributed by atoms with Crippen LogP contribution in [0.15, 0.2) is 30.3 Å². The largest absolute Gasteiger partial charge is 0.489 e. The molecule has 1 N–H and O–H groups in total. The molecule has 1 aliphatic rings. The molecule has 29 heavy (non-hydrogen) atoms. The Kier molecular flexibility index (Phi) is 6.31. The second kappa shape index (κ2) is 8.89. The van der Waals surface area contributed by atoms with Crippen LogP contribution in [0.2, 0.25) is 0 Å². The molecule has 154 valence electrons. The molecule has 2 heterocycles. The van der Waals surface area contributed by atoms with Crippen LogP contribution in [0.1, 0.15) is 37.1 Å². The lowest BCUT2D eigenvalue weighted by atomic mass is 10.2. The first kappa shape index (κ1) is 20.6. The van der Waals surface area contributed by atoms with Crippen LogP contribution in [0.4, 0.5) is 11.5 Å². The fraction of sp³-hybridized carbons (Fsp3) is 0.429. The maximum absolute atomic E-state index is 12.9. The van der Waals surface area contributed by atoms with Crippen LogP contribution in [-0.4, -0.2) is 63.9 Å². The number of amides is 2. The fourth-order valence-corrected chi connectivity index (χ4v) is 3.19. The van der Waals surface area contributed by atoms with Crippen LogP contribution < -0.4 is 10.1 Å². The zero-order chi connectivity index (χ0) is 21.0. The van der Waals surface area contributed by atoms with Crippen molar-refractivity contribution >= 4 is 23.3 Å². The molecule has 1 aromatic heterocycles. The average molecular weight is 397 g/mol. The van der Waals surface area contributed by atoms with E-state index in [0.29, 0.717) is 49.3 Å². The number of para-hydroxylation sites is 2. The summed E-state index contributed by atoms with van der Waals surface area (Å²) in [5.74, 6) is 1.62. The molecular formula is C21H27N5O3. The zero-order valence-electron chi connectivity index (χ0n) is 17.3. The molecule has 0 aliphatic carbocycles. The van der Waals surface area contributed by atoms with Crippen molar-refractivity contribution in [1.29, 1.82) is 0 Å². The molecule has 3 rings (SSSR count). The lowest BCUT2D eigenvalue weighted by Crippen LogP contribution is -2.50. The Morgan fingerprint density at radius 2 is 1.72 bits per heavy atom. The molecule has 0 atom stereocenters. The van der Waals surface area contributed by atoms with Gasteiger partial charge in [0.15, 0.2) is 0 Å². The van der Waals surface area contributed by atoms with Crippen LogP contribution in [0.3, 0.4) is 0 Å². The van der Waals surface area contributed by atoms with Gasteiger partial charge in [0.2, 0.25) is 5.91 Å². The lowest BCUT2D eigenvalue weighted by molar-refractivity contribution is -0.130. The number of anilines is 2. The molecule has 2 amide bonds. The van der Waals surface area contributed by atoms with Gasteiger partial charge in [-0.1, -0.05) is 12.1 Å². The summed E-state index contributed by atoms with van der Waals surface area (Å²) in [4.78, 5) is 36.6. The maximum atomic E-state index is 12.9. The van der Waals surface area contributed by atoms with Gasteiger partial charge >= 0.3 is 0 Å². The Morgan fingerprint density at radius 1 is 1.07 bits per heavy atom. The summed E-state index contributed by atoms with van der Waals surface area (Å²) < 4.78 is 5.84. The van der Waals surface area contributed by atoms with Crippen LogP contribution >= 0.6 is 0 Å². The molecule has 2 aromatic rings. The molecule has 1 fully saturated rings. The first-order chi connectivity index (χ1) is 13.8. The van der Waals surface area contributed by atoms with Gasteiger partial charge in [-0.25, -0.2) is 9.97 Å². The van der Waals surface area contributed by atoms with Crippen molar-refractivity contribution in [2.24, 2.45) is 0 Å². The second-order valence-electron chi connectivity index (χ2n) is 7.27. The van der Waals surface area contributed by atoms with Gasteiger partial charge in [-0.15, -0.1) is 0 Å². The minimum Gasteiger partial charge on any atom is -0.489 e. The van der Waals surface area contributed by atoms with Crippen LogP contribution in [0.25, 0.3) is 0 Å². The number of nitrogens with one attached hydrogen (secondary N) is 1. The van der Waals surface area contributed by atoms with Gasteiger partial charge in [0.1, 0.15) is 23.1 Å². The van der Waals surface area contributed by atoms with Crippen molar-refractivity contribution in [1.82, 2.24) is 19.8 Å². The number of piperazine rings is 1. The Balaban J connectivity index is 1.77. The third-order valence-electron chi connectivity index (χ3n) is 4.58. The summed E-state index contributed by atoms with van der Waals surface area (Å²) in [6, 6.07) is 9.25. The van der Waals surface area contributed by atoms with E-state index < -0.39 is 0 Å². The molecular weight excluding hydrogens is 370 g/mol. The number of hydrogen-bond donors (Lipinski definition) is 1. The van der Waals surface area contributed by atoms with E-state index in [4.69, 9.17) is 4.74 Å². The SMILES string of the molecule is CC(=O)N1CCN(C(=O)c2cc(Nc3ccccc3OC(C)C)nc(C)n2)CC1. The molecule has 0 unspecified atom stereocenters. The number of rotatable bonds is 5. The minimum atomic E-state index is -0.159. The van der Waals surface area contributed by atoms with Gasteiger partial charge in [-0.3, -0.25) is 9.59 Å². The van der Waals surface area contributed by atoms with E-state index in [0.717, 1.165) is 5.69 Å². The van der Waals surface area contributed by atoms with E-state index in [9.17, 15) is 9.59 Å². The monoisotopic (exact) mass is 397 g/mol. The highest BCUT2D eigenvalue weighted by atomic mass is 16.5. The van der Waals surface area contributed by atoms with Gasteiger partial charge in [0, 0.05) is 39.2 Å². The Bertz CT molecular complexity index is 892. The summed E-state index contributed by atoms with van der Waals surface area (Å²) in [7, 11) is 0. The first-order valence-corrected chi connectivity index (χ1v) is 9.76. The molecule has 0 bridgehead atoms. The lowest BCUT2D eigenvalue weighted by Gasteiger charge is -2.34. The summed E-state index contributed by atoms with van der Waals surface area (Å²) in [5.41, 5.74) is 1.10. The number of carbonyl (C=O) groups excluding carboxylic acids is 2. The predicted octanol–water partition coefficient (Wildman–Crippen LogP) is 2.62. The third-order valence-corrected chi connectivity index (χ3v) is 4.58. The van der Waals surface area contributed by atoms with Gasteiger partial charge in [0.05, 0.1) is 11.8 Å². The van der Waals surface area contributed by atoms with Crippen molar-refractivity contribution in [3.63, 3.8) is 0 Å². The van der Waals surface area contributed by atoms with Gasteiger partial charge < -0.3 is 19.9 Å². The number of aryl methyl sites for hydroxylation is 1. The van der Waals surface area contributed by atoms with E-state index in [1.807, 2.05) is 38.1 Å². The average Bonchev–Trinajstić information content (AvgIpc) is 2.68. The molecule has 0 spiro atoms. The number of ether oxygens (including phenoxy) is 1. The summed E-state index contributed by atoms with van der Waals surface area (Å²) >= 11 is 0. The summed E-state index contributed by atoms with van der Waals surface area (Å²) in [6.45, 7) is 9.30. The fourth-order valence-electron chi connectivity index (χ4n) is 3.19. The van der Waals surface area contributed by atoms with Gasteiger partial charge in [-0.2, -0.15) is 0 Å². The highest BCUT2D eigenvalue weighted by Gasteiger charge is 2.24. The highest BCUT2D eigenvalue weighted by Crippen LogP contribution is 2.28. The van der Waals surface area contributed by atoms with Crippen molar-refractivity contribution in [2.75, 3.05) is 31.5 Å². The van der Waals surface area contributed by atoms with Crippen LogP contribution in [-0.2, 0) is 4.79 Å². The Labute approximate surface area is 170 Å². The number of hydrogen-bond acceptors (Lipinski definition) is 6. The Morgan fingerprint density at radius 3 is 2.38 bits per heavy atom. The molecule has 1 saturated heterocycles. The summed E-state index contributed by atoms with van der Waals surface area (Å²) in [6.07, 6.45) is 0.0379. The molecule has 1 aliphatic heterocycles. The highest BCUT2D eigenvalue weighted by molar-refractivity contribution is 5.93. The number of benzene rings is 1. The van der Waals surface area contributed by atoms with Crippen molar-refractivity contribution in [3.8, 4) is 5.75 Å². The van der Waals surface area contributed by atoms with Crippen molar-refractivity contribution in [3.05, 3.63) is 41.9 Å². The number of nitrogens with zero attached hydrogens (tertiary/aromatic N) is 4. The normalized spacial score (nSPS) is 14.1. The topological polar surface area (TPSA) is 87.7 Å². The quantitative estimate of drug-likeness (QED) is 0.835. The van der Waals surface area contributed by atoms with Crippen LogP contribution in [0.5, 0.6) is 5.75 Å². The summed E-state index contributed by atoms with van der Waals surface area (Å²) in [5, 5.41) is 3.24. The van der Waals surface area contributed by atoms with E-state index >= 15 is 0 Å². The van der Waals surface area contributed by atoms with E-state index in [1.54, 1.807) is 29.7 Å². The molecule has 8 nitrogen and oxygen atoms in total. The molecule has 1 aromatic carbocycles. The third kappa shape index (κ3) is 5.22. The number of carbonyl (C=O) groups is 2. The first-order valence-electron chi connectivity index (χ1n) is 9.76.